The van der Waals surface area contributed by atoms with E-state index in [0.717, 1.165) is 24.1 Å². The largest absolute Gasteiger partial charge is 0.634 e. The van der Waals surface area contributed by atoms with Crippen LogP contribution >= 0.6 is 0 Å². The summed E-state index contributed by atoms with van der Waals surface area (Å²) in [5.74, 6) is -2.82. The van der Waals surface area contributed by atoms with E-state index in [2.05, 4.69) is 15.3 Å². The van der Waals surface area contributed by atoms with Gasteiger partial charge in [0.25, 0.3) is 5.91 Å². The number of carboxylic acid groups (broad SMARTS) is 1. The van der Waals surface area contributed by atoms with Crippen molar-refractivity contribution in [3.63, 3.8) is 0 Å². The van der Waals surface area contributed by atoms with Gasteiger partial charge in [0.15, 0.2) is 5.84 Å². The Morgan fingerprint density at radius 1 is 1.24 bits per heavy atom. The number of esters is 1. The Morgan fingerprint density at radius 2 is 1.98 bits per heavy atom. The van der Waals surface area contributed by atoms with Crippen LogP contribution in [0.3, 0.4) is 0 Å². The van der Waals surface area contributed by atoms with Gasteiger partial charge in [0, 0.05) is 35.5 Å². The lowest BCUT2D eigenvalue weighted by Gasteiger charge is -2.25. The van der Waals surface area contributed by atoms with Gasteiger partial charge in [-0.05, 0) is 56.9 Å². The Morgan fingerprint density at radius 3 is 2.61 bits per heavy atom. The summed E-state index contributed by atoms with van der Waals surface area (Å²) in [6.07, 6.45) is 4.27. The summed E-state index contributed by atoms with van der Waals surface area (Å²) >= 11 is 0. The smallest absolute Gasteiger partial charge is 0.423 e. The number of hydrogen-bond acceptors (Lipinski definition) is 8. The van der Waals surface area contributed by atoms with Gasteiger partial charge < -0.3 is 35.2 Å². The molecule has 0 bridgehead atoms. The monoisotopic (exact) mass is 568 g/mol. The number of rotatable bonds is 12. The second-order valence-electron chi connectivity index (χ2n) is 9.21. The number of nitrogens with zero attached hydrogens (tertiary/aromatic N) is 2. The fourth-order valence-electron chi connectivity index (χ4n) is 3.76. The van der Waals surface area contributed by atoms with Crippen molar-refractivity contribution in [2.75, 3.05) is 18.2 Å². The van der Waals surface area contributed by atoms with Crippen molar-refractivity contribution < 1.29 is 38.8 Å². The molecule has 1 aliphatic rings. The van der Waals surface area contributed by atoms with Gasteiger partial charge in [-0.2, -0.15) is 0 Å². The van der Waals surface area contributed by atoms with Gasteiger partial charge in [-0.25, -0.2) is 24.3 Å². The van der Waals surface area contributed by atoms with Gasteiger partial charge >= 0.3 is 18.0 Å². The van der Waals surface area contributed by atoms with Crippen LogP contribution in [-0.4, -0.2) is 65.6 Å². The first-order valence-corrected chi connectivity index (χ1v) is 12.8. The lowest BCUT2D eigenvalue weighted by atomic mass is 10.1. The number of amidine groups is 1. The molecule has 2 amide bonds. The molecule has 1 fully saturated rings. The van der Waals surface area contributed by atoms with Gasteiger partial charge in [-0.1, -0.05) is 6.07 Å². The zero-order valence-corrected chi connectivity index (χ0v) is 22.9. The molecule has 5 N–H and O–H groups in total. The number of carbonyl (C=O) groups excluding carboxylic acids is 3. The molecule has 0 saturated heterocycles. The molecule has 1 aromatic carbocycles. The molecular formula is C27H32N6O8. The first kappa shape index (κ1) is 30.7. The molecule has 3 rings (SSSR count). The summed E-state index contributed by atoms with van der Waals surface area (Å²) < 4.78 is 9.95. The summed E-state index contributed by atoms with van der Waals surface area (Å²) in [5, 5.41) is 31.3. The second-order valence-corrected chi connectivity index (χ2v) is 9.21. The molecule has 0 radical (unpaired) electrons. The number of aromatic nitrogens is 1. The maximum Gasteiger partial charge on any atom is 0.423 e. The maximum atomic E-state index is 13.5. The van der Waals surface area contributed by atoms with Crippen LogP contribution in [0.1, 0.15) is 52.5 Å². The number of anilines is 1. The summed E-state index contributed by atoms with van der Waals surface area (Å²) in [6.45, 7) is 4.81. The normalized spacial score (nSPS) is 13.9. The highest BCUT2D eigenvalue weighted by molar-refractivity contribution is 6.23. The minimum absolute atomic E-state index is 0.00411. The van der Waals surface area contributed by atoms with Crippen LogP contribution in [0.5, 0.6) is 0 Å². The fourth-order valence-corrected chi connectivity index (χ4v) is 3.76. The Hall–Kier alpha value is -4.82. The molecule has 1 aliphatic carbocycles. The SMILES string of the molecule is CC[NH+]([O-])Cc1c[nH]c(C(=NC=N)N(C(=O)OCOC(=O)/C=C/C(=O)O)c2cc(C(=O)NC3CC3)ccc2C)c1C. The van der Waals surface area contributed by atoms with Crippen LogP contribution in [0.15, 0.2) is 41.5 Å². The van der Waals surface area contributed by atoms with Gasteiger partial charge in [-0.3, -0.25) is 10.2 Å². The third kappa shape index (κ3) is 8.33. The van der Waals surface area contributed by atoms with Gasteiger partial charge in [-0.15, -0.1) is 0 Å². The van der Waals surface area contributed by atoms with Crippen LogP contribution in [0.4, 0.5) is 10.5 Å². The molecule has 1 aromatic heterocycles. The quantitative estimate of drug-likeness (QED) is 0.0634. The number of ether oxygens (including phenoxy) is 2. The third-order valence-corrected chi connectivity index (χ3v) is 6.20. The molecule has 14 nitrogen and oxygen atoms in total. The zero-order chi connectivity index (χ0) is 30.1. The Bertz CT molecular complexity index is 1380. The van der Waals surface area contributed by atoms with Crippen molar-refractivity contribution in [1.29, 1.82) is 5.41 Å². The molecule has 2 aromatic rings. The summed E-state index contributed by atoms with van der Waals surface area (Å²) in [5.41, 5.74) is 2.62. The molecule has 1 atom stereocenters. The van der Waals surface area contributed by atoms with Crippen molar-refractivity contribution >= 4 is 41.8 Å². The average Bonchev–Trinajstić information content (AvgIpc) is 3.68. The van der Waals surface area contributed by atoms with Crippen molar-refractivity contribution in [3.8, 4) is 0 Å². The van der Waals surface area contributed by atoms with Crippen LogP contribution in [0, 0.1) is 24.5 Å². The van der Waals surface area contributed by atoms with Crippen molar-refractivity contribution in [2.45, 2.75) is 46.2 Å². The minimum Gasteiger partial charge on any atom is -0.634 e. The maximum absolute atomic E-state index is 13.5. The molecular weight excluding hydrogens is 536 g/mol. The molecule has 41 heavy (non-hydrogen) atoms. The molecule has 1 unspecified atom stereocenters. The topological polar surface area (TPSA) is 202 Å². The number of benzene rings is 1. The number of carboxylic acids is 1. The van der Waals surface area contributed by atoms with E-state index in [1.54, 1.807) is 39.1 Å². The third-order valence-electron chi connectivity index (χ3n) is 6.20. The van der Waals surface area contributed by atoms with Crippen molar-refractivity contribution in [2.24, 2.45) is 4.99 Å². The van der Waals surface area contributed by atoms with E-state index in [1.807, 2.05) is 0 Å². The van der Waals surface area contributed by atoms with Gasteiger partial charge in [0.05, 0.1) is 17.9 Å². The number of hydroxylamine groups is 2. The fraction of sp³-hybridized carbons (Fsp3) is 0.333. The van der Waals surface area contributed by atoms with E-state index >= 15 is 0 Å². The van der Waals surface area contributed by atoms with E-state index in [-0.39, 0.29) is 40.6 Å². The first-order chi connectivity index (χ1) is 19.5. The Labute approximate surface area is 235 Å². The number of hydrogen-bond donors (Lipinski definition) is 5. The number of aliphatic carboxylic acids is 1. The number of quaternary nitrogens is 1. The van der Waals surface area contributed by atoms with Crippen LogP contribution in [-0.2, 0) is 25.6 Å². The lowest BCUT2D eigenvalue weighted by Crippen LogP contribution is -3.05. The predicted molar refractivity (Wildman–Crippen MR) is 148 cm³/mol. The van der Waals surface area contributed by atoms with Crippen molar-refractivity contribution in [3.05, 3.63) is 69.7 Å². The second kappa shape index (κ2) is 14.0. The molecule has 1 saturated carbocycles. The number of aromatic amines is 1. The zero-order valence-electron chi connectivity index (χ0n) is 22.9. The summed E-state index contributed by atoms with van der Waals surface area (Å²) in [7, 11) is 0. The van der Waals surface area contributed by atoms with Crippen LogP contribution in [0.25, 0.3) is 0 Å². The lowest BCUT2D eigenvalue weighted by molar-refractivity contribution is -0.860. The van der Waals surface area contributed by atoms with E-state index in [1.165, 1.54) is 6.07 Å². The molecule has 14 heteroatoms. The van der Waals surface area contributed by atoms with Crippen molar-refractivity contribution in [1.82, 2.24) is 10.3 Å². The number of carbonyl (C=O) groups is 4. The Balaban J connectivity index is 2.02. The average molecular weight is 569 g/mol. The summed E-state index contributed by atoms with van der Waals surface area (Å²) in [6, 6.07) is 4.83. The number of H-pyrrole nitrogens is 1. The number of nitrogens with one attached hydrogen (secondary N) is 4. The number of aryl methyl sites for hydroxylation is 1. The van der Waals surface area contributed by atoms with Crippen LogP contribution in [0.2, 0.25) is 0 Å². The predicted octanol–water partition coefficient (Wildman–Crippen LogP) is 1.56. The molecule has 0 spiro atoms. The highest BCUT2D eigenvalue weighted by Crippen LogP contribution is 2.27. The van der Waals surface area contributed by atoms with E-state index in [4.69, 9.17) is 20.0 Å². The number of amides is 2. The highest BCUT2D eigenvalue weighted by atomic mass is 16.7. The van der Waals surface area contributed by atoms with Gasteiger partial charge in [0.1, 0.15) is 12.9 Å². The van der Waals surface area contributed by atoms with E-state index in [0.29, 0.717) is 41.1 Å². The molecule has 218 valence electrons. The molecule has 0 aliphatic heterocycles. The Kier molecular flexibility index (Phi) is 10.5. The minimum atomic E-state index is -1.36. The van der Waals surface area contributed by atoms with Gasteiger partial charge in [0.2, 0.25) is 6.79 Å². The highest BCUT2D eigenvalue weighted by Gasteiger charge is 2.30. The number of aliphatic imine (C=N–C) groups is 1. The van der Waals surface area contributed by atoms with Crippen LogP contribution < -0.4 is 15.3 Å². The summed E-state index contributed by atoms with van der Waals surface area (Å²) in [4.78, 5) is 56.8. The van der Waals surface area contributed by atoms with E-state index < -0.39 is 24.8 Å². The van der Waals surface area contributed by atoms with E-state index in [9.17, 15) is 24.4 Å². The first-order valence-electron chi connectivity index (χ1n) is 12.8. The molecule has 1 heterocycles. The standard InChI is InChI=1S/C27H32N6O8/c1-4-32(39)13-19-12-29-24(17(19)3)25(30-14-28)33(27(38)41-15-40-23(36)10-9-22(34)35)21-11-18(6-5-16(21)2)26(37)31-20-7-8-20/h5-6,9-12,14,20,28-29,32H,4,7-8,13,15H2,1-3H3,(H,31,37)(H,34,35)/b10-9+,28-14?,30-25?.